The summed E-state index contributed by atoms with van der Waals surface area (Å²) in [4.78, 5) is 36.5. The lowest BCUT2D eigenvalue weighted by atomic mass is 10.1. The molecule has 0 radical (unpaired) electrons. The fourth-order valence-electron chi connectivity index (χ4n) is 2.43. The summed E-state index contributed by atoms with van der Waals surface area (Å²) in [6, 6.07) is 6.32. The molecule has 0 aromatic heterocycles. The summed E-state index contributed by atoms with van der Waals surface area (Å²) in [5.74, 6) is -1.57. The summed E-state index contributed by atoms with van der Waals surface area (Å²) in [5, 5.41) is 14.5. The van der Waals surface area contributed by atoms with Gasteiger partial charge >= 0.3 is 12.0 Å². The number of hydrogen-bond acceptors (Lipinski definition) is 3. The predicted octanol–water partition coefficient (Wildman–Crippen LogP) is 1.76. The van der Waals surface area contributed by atoms with Crippen LogP contribution in [0, 0.1) is 5.92 Å². The number of aliphatic carboxylic acids is 1. The lowest BCUT2D eigenvalue weighted by Gasteiger charge is -2.17. The third kappa shape index (κ3) is 4.45. The third-order valence-electron chi connectivity index (χ3n) is 3.74. The number of amides is 3. The van der Waals surface area contributed by atoms with Crippen LogP contribution in [-0.4, -0.2) is 47.5 Å². The molecule has 7 heteroatoms. The van der Waals surface area contributed by atoms with Crippen LogP contribution in [0.2, 0.25) is 0 Å². The number of urea groups is 1. The third-order valence-corrected chi connectivity index (χ3v) is 3.74. The van der Waals surface area contributed by atoms with Crippen LogP contribution in [-0.2, 0) is 4.79 Å². The maximum atomic E-state index is 12.2. The van der Waals surface area contributed by atoms with Gasteiger partial charge in [0, 0.05) is 30.9 Å². The maximum absolute atomic E-state index is 12.2. The van der Waals surface area contributed by atoms with E-state index in [1.54, 1.807) is 24.3 Å². The van der Waals surface area contributed by atoms with Crippen LogP contribution in [0.25, 0.3) is 0 Å². The summed E-state index contributed by atoms with van der Waals surface area (Å²) < 4.78 is 0. The fraction of sp³-hybridized carbons (Fsp3) is 0.438. The molecule has 1 aromatic carbocycles. The summed E-state index contributed by atoms with van der Waals surface area (Å²) >= 11 is 0. The van der Waals surface area contributed by atoms with Crippen LogP contribution in [0.4, 0.5) is 10.5 Å². The molecule has 1 saturated heterocycles. The zero-order chi connectivity index (χ0) is 16.8. The SMILES string of the molecule is CCCNC(=O)c1cccc(NC(=O)N2CCC(C(=O)O)C2)c1. The molecule has 0 aliphatic carbocycles. The second-order valence-corrected chi connectivity index (χ2v) is 5.54. The van der Waals surface area contributed by atoms with Crippen LogP contribution in [0.5, 0.6) is 0 Å². The van der Waals surface area contributed by atoms with E-state index in [1.807, 2.05) is 6.92 Å². The molecule has 1 unspecified atom stereocenters. The van der Waals surface area contributed by atoms with Crippen molar-refractivity contribution in [2.45, 2.75) is 19.8 Å². The minimum Gasteiger partial charge on any atom is -0.481 e. The second-order valence-electron chi connectivity index (χ2n) is 5.54. The average Bonchev–Trinajstić information content (AvgIpc) is 3.03. The highest BCUT2D eigenvalue weighted by atomic mass is 16.4. The van der Waals surface area contributed by atoms with Crippen molar-refractivity contribution in [3.63, 3.8) is 0 Å². The van der Waals surface area contributed by atoms with E-state index in [2.05, 4.69) is 10.6 Å². The number of benzene rings is 1. The normalized spacial score (nSPS) is 16.9. The highest BCUT2D eigenvalue weighted by molar-refractivity contribution is 5.97. The molecule has 1 fully saturated rings. The van der Waals surface area contributed by atoms with Crippen molar-refractivity contribution >= 4 is 23.6 Å². The molecule has 3 N–H and O–H groups in total. The summed E-state index contributed by atoms with van der Waals surface area (Å²) in [5.41, 5.74) is 0.985. The van der Waals surface area contributed by atoms with Crippen LogP contribution < -0.4 is 10.6 Å². The van der Waals surface area contributed by atoms with Crippen molar-refractivity contribution < 1.29 is 19.5 Å². The lowest BCUT2D eigenvalue weighted by molar-refractivity contribution is -0.141. The second kappa shape index (κ2) is 7.62. The highest BCUT2D eigenvalue weighted by Crippen LogP contribution is 2.18. The molecule has 7 nitrogen and oxygen atoms in total. The van der Waals surface area contributed by atoms with Crippen molar-refractivity contribution in [2.75, 3.05) is 25.0 Å². The average molecular weight is 319 g/mol. The van der Waals surface area contributed by atoms with Gasteiger partial charge in [0.1, 0.15) is 0 Å². The van der Waals surface area contributed by atoms with Gasteiger partial charge in [-0.15, -0.1) is 0 Å². The highest BCUT2D eigenvalue weighted by Gasteiger charge is 2.30. The van der Waals surface area contributed by atoms with Gasteiger partial charge in [0.2, 0.25) is 0 Å². The quantitative estimate of drug-likeness (QED) is 0.770. The molecule has 23 heavy (non-hydrogen) atoms. The number of carbonyl (C=O) groups is 3. The molecular weight excluding hydrogens is 298 g/mol. The zero-order valence-electron chi connectivity index (χ0n) is 13.0. The molecule has 1 aliphatic heterocycles. The molecule has 0 bridgehead atoms. The van der Waals surface area contributed by atoms with E-state index in [9.17, 15) is 14.4 Å². The number of nitrogens with zero attached hydrogens (tertiary/aromatic N) is 1. The van der Waals surface area contributed by atoms with Crippen LogP contribution >= 0.6 is 0 Å². The first-order valence-corrected chi connectivity index (χ1v) is 7.68. The molecule has 1 aromatic rings. The lowest BCUT2D eigenvalue weighted by Crippen LogP contribution is -2.33. The fourth-order valence-corrected chi connectivity index (χ4v) is 2.43. The molecule has 124 valence electrons. The number of anilines is 1. The number of carboxylic acids is 1. The first kappa shape index (κ1) is 16.8. The Bertz CT molecular complexity index is 603. The number of rotatable bonds is 5. The smallest absolute Gasteiger partial charge is 0.321 e. The van der Waals surface area contributed by atoms with Crippen molar-refractivity contribution in [1.29, 1.82) is 0 Å². The van der Waals surface area contributed by atoms with Crippen molar-refractivity contribution in [3.05, 3.63) is 29.8 Å². The van der Waals surface area contributed by atoms with Gasteiger partial charge in [-0.3, -0.25) is 9.59 Å². The van der Waals surface area contributed by atoms with E-state index >= 15 is 0 Å². The predicted molar refractivity (Wildman–Crippen MR) is 85.4 cm³/mol. The van der Waals surface area contributed by atoms with E-state index in [-0.39, 0.29) is 18.5 Å². The first-order chi connectivity index (χ1) is 11.0. The minimum atomic E-state index is -0.880. The molecule has 0 saturated carbocycles. The van der Waals surface area contributed by atoms with Gasteiger partial charge in [0.25, 0.3) is 5.91 Å². The van der Waals surface area contributed by atoms with Crippen molar-refractivity contribution in [3.8, 4) is 0 Å². The number of carboxylic acid groups (broad SMARTS) is 1. The monoisotopic (exact) mass is 319 g/mol. The largest absolute Gasteiger partial charge is 0.481 e. The Morgan fingerprint density at radius 1 is 1.35 bits per heavy atom. The van der Waals surface area contributed by atoms with Crippen LogP contribution in [0.3, 0.4) is 0 Å². The van der Waals surface area contributed by atoms with Crippen molar-refractivity contribution in [2.24, 2.45) is 5.92 Å². The van der Waals surface area contributed by atoms with Gasteiger partial charge in [-0.2, -0.15) is 0 Å². The number of nitrogens with one attached hydrogen (secondary N) is 2. The minimum absolute atomic E-state index is 0.185. The number of carbonyl (C=O) groups excluding carboxylic acids is 2. The Morgan fingerprint density at radius 2 is 2.13 bits per heavy atom. The Kier molecular flexibility index (Phi) is 5.56. The van der Waals surface area contributed by atoms with E-state index in [0.29, 0.717) is 30.8 Å². The van der Waals surface area contributed by atoms with Gasteiger partial charge in [0.05, 0.1) is 5.92 Å². The van der Waals surface area contributed by atoms with E-state index in [4.69, 9.17) is 5.11 Å². The van der Waals surface area contributed by atoms with E-state index in [0.717, 1.165) is 6.42 Å². The van der Waals surface area contributed by atoms with Gasteiger partial charge < -0.3 is 20.6 Å². The van der Waals surface area contributed by atoms with Crippen LogP contribution in [0.1, 0.15) is 30.1 Å². The maximum Gasteiger partial charge on any atom is 0.321 e. The Morgan fingerprint density at radius 3 is 2.78 bits per heavy atom. The molecule has 1 atom stereocenters. The molecular formula is C16H21N3O4. The summed E-state index contributed by atoms with van der Waals surface area (Å²) in [6.07, 6.45) is 1.31. The van der Waals surface area contributed by atoms with Crippen LogP contribution in [0.15, 0.2) is 24.3 Å². The van der Waals surface area contributed by atoms with Crippen molar-refractivity contribution in [1.82, 2.24) is 10.2 Å². The standard InChI is InChI=1S/C16H21N3O4/c1-2-7-17-14(20)11-4-3-5-13(9-11)18-16(23)19-8-6-12(10-19)15(21)22/h3-5,9,12H,2,6-8,10H2,1H3,(H,17,20)(H,18,23)(H,21,22). The topological polar surface area (TPSA) is 98.7 Å². The molecule has 3 amide bonds. The Balaban J connectivity index is 1.96. The molecule has 1 heterocycles. The number of hydrogen-bond donors (Lipinski definition) is 3. The van der Waals surface area contributed by atoms with Gasteiger partial charge in [-0.1, -0.05) is 13.0 Å². The van der Waals surface area contributed by atoms with E-state index < -0.39 is 11.9 Å². The van der Waals surface area contributed by atoms with E-state index in [1.165, 1.54) is 4.90 Å². The molecule has 0 spiro atoms. The summed E-state index contributed by atoms with van der Waals surface area (Å²) in [6.45, 7) is 3.19. The Hall–Kier alpha value is -2.57. The van der Waals surface area contributed by atoms with Gasteiger partial charge in [0.15, 0.2) is 0 Å². The zero-order valence-corrected chi connectivity index (χ0v) is 13.0. The van der Waals surface area contributed by atoms with Gasteiger partial charge in [-0.05, 0) is 31.0 Å². The summed E-state index contributed by atoms with van der Waals surface area (Å²) in [7, 11) is 0. The number of likely N-dealkylation sites (tertiary alicyclic amines) is 1. The van der Waals surface area contributed by atoms with Gasteiger partial charge in [-0.25, -0.2) is 4.79 Å². The molecule has 2 rings (SSSR count). The Labute approximate surface area is 134 Å². The molecule has 1 aliphatic rings. The first-order valence-electron chi connectivity index (χ1n) is 7.68.